The second-order valence-corrected chi connectivity index (χ2v) is 9.69. The molecule has 0 saturated heterocycles. The lowest BCUT2D eigenvalue weighted by atomic mass is 9.89. The molecular formula is C26H30F3NO4S. The molecule has 3 aromatic carbocycles. The Morgan fingerprint density at radius 1 is 0.971 bits per heavy atom. The molecule has 0 spiro atoms. The molecule has 5 nitrogen and oxygen atoms in total. The van der Waals surface area contributed by atoms with Crippen molar-refractivity contribution in [3.8, 4) is 0 Å². The van der Waals surface area contributed by atoms with Crippen molar-refractivity contribution < 1.29 is 30.3 Å². The van der Waals surface area contributed by atoms with Gasteiger partial charge in [-0.3, -0.25) is 4.55 Å². The van der Waals surface area contributed by atoms with Crippen LogP contribution < -0.4 is 5.32 Å². The van der Waals surface area contributed by atoms with E-state index in [-0.39, 0.29) is 18.6 Å². The minimum Gasteiger partial charge on any atom is -0.310 e. The predicted octanol–water partition coefficient (Wildman–Crippen LogP) is 6.67. The highest BCUT2D eigenvalue weighted by atomic mass is 32.3. The lowest BCUT2D eigenvalue weighted by molar-refractivity contribution is -0.137. The summed E-state index contributed by atoms with van der Waals surface area (Å²) in [5, 5.41) is 5.80. The van der Waals surface area contributed by atoms with Crippen LogP contribution in [0, 0.1) is 0 Å². The summed E-state index contributed by atoms with van der Waals surface area (Å²) >= 11 is 0. The largest absolute Gasteiger partial charge is 0.416 e. The lowest BCUT2D eigenvalue weighted by Crippen LogP contribution is -2.22. The van der Waals surface area contributed by atoms with Gasteiger partial charge in [-0.1, -0.05) is 67.1 Å². The highest BCUT2D eigenvalue weighted by Gasteiger charge is 2.31. The maximum Gasteiger partial charge on any atom is 0.416 e. The number of nitrogens with one attached hydrogen (secondary N) is 1. The Bertz CT molecular complexity index is 1210. The predicted molar refractivity (Wildman–Crippen MR) is 131 cm³/mol. The van der Waals surface area contributed by atoms with Crippen LogP contribution in [0.15, 0.2) is 66.7 Å². The van der Waals surface area contributed by atoms with Gasteiger partial charge in [-0.05, 0) is 66.6 Å². The van der Waals surface area contributed by atoms with E-state index in [1.165, 1.54) is 12.1 Å². The van der Waals surface area contributed by atoms with Crippen molar-refractivity contribution in [3.05, 3.63) is 83.4 Å². The minimum absolute atomic E-state index is 0.0476. The van der Waals surface area contributed by atoms with Gasteiger partial charge in [-0.15, -0.1) is 0 Å². The molecule has 3 rings (SSSR count). The third-order valence-corrected chi connectivity index (χ3v) is 6.56. The molecule has 0 radical (unpaired) electrons. The Morgan fingerprint density at radius 2 is 1.69 bits per heavy atom. The van der Waals surface area contributed by atoms with Crippen molar-refractivity contribution in [2.45, 2.75) is 50.7 Å². The molecule has 0 amide bonds. The van der Waals surface area contributed by atoms with Crippen molar-refractivity contribution in [2.24, 2.45) is 0 Å². The van der Waals surface area contributed by atoms with E-state index in [0.717, 1.165) is 22.4 Å². The Morgan fingerprint density at radius 3 is 2.43 bits per heavy atom. The Labute approximate surface area is 204 Å². The summed E-state index contributed by atoms with van der Waals surface area (Å²) in [6, 6.07) is 19.7. The molecule has 0 aliphatic carbocycles. The van der Waals surface area contributed by atoms with E-state index in [1.807, 2.05) is 18.2 Å². The molecule has 2 N–H and O–H groups in total. The van der Waals surface area contributed by atoms with Crippen LogP contribution in [0.4, 0.5) is 13.2 Å². The second-order valence-electron chi connectivity index (χ2n) is 8.60. The topological polar surface area (TPSA) is 75.6 Å². The highest BCUT2D eigenvalue weighted by molar-refractivity contribution is 7.80. The van der Waals surface area contributed by atoms with Gasteiger partial charge in [0.25, 0.3) is 0 Å². The maximum absolute atomic E-state index is 13.3. The van der Waals surface area contributed by atoms with Crippen LogP contribution in [0.25, 0.3) is 10.8 Å². The first-order valence-electron chi connectivity index (χ1n) is 11.5. The SMILES string of the molecule is CC(NCCC(CCCCOS(=O)(=O)O)c1cccc(C(F)(F)F)c1)c1cccc2ccccc12. The van der Waals surface area contributed by atoms with Gasteiger partial charge in [0.1, 0.15) is 0 Å². The summed E-state index contributed by atoms with van der Waals surface area (Å²) in [5.41, 5.74) is 1.06. The number of benzene rings is 3. The summed E-state index contributed by atoms with van der Waals surface area (Å²) in [7, 11) is -4.50. The third-order valence-electron chi connectivity index (χ3n) is 6.10. The minimum atomic E-state index is -4.50. The molecule has 190 valence electrons. The number of hydrogen-bond donors (Lipinski definition) is 2. The van der Waals surface area contributed by atoms with Gasteiger partial charge in [-0.2, -0.15) is 21.6 Å². The van der Waals surface area contributed by atoms with Gasteiger partial charge in [0.2, 0.25) is 0 Å². The maximum atomic E-state index is 13.3. The average Bonchev–Trinajstić information content (AvgIpc) is 2.81. The molecule has 0 saturated carbocycles. The summed E-state index contributed by atoms with van der Waals surface area (Å²) < 4.78 is 74.2. The zero-order valence-corrected chi connectivity index (χ0v) is 20.3. The standard InChI is InChI=1S/C26H30F3NO4S/c1-19(24-14-7-10-21-9-2-3-13-25(21)24)30-16-15-20(8-4-5-17-34-35(31,32)33)22-11-6-12-23(18-22)26(27,28)29/h2-3,6-7,9-14,18-20,30H,4-5,8,15-17H2,1H3,(H,31,32,33). The van der Waals surface area contributed by atoms with E-state index in [1.54, 1.807) is 6.07 Å². The molecule has 0 aliphatic heterocycles. The van der Waals surface area contributed by atoms with Crippen LogP contribution in [0.3, 0.4) is 0 Å². The van der Waals surface area contributed by atoms with Crippen molar-refractivity contribution in [1.29, 1.82) is 0 Å². The Kier molecular flexibility index (Phi) is 9.29. The fraction of sp³-hybridized carbons (Fsp3) is 0.385. The summed E-state index contributed by atoms with van der Waals surface area (Å²) in [6.45, 7) is 2.48. The van der Waals surface area contributed by atoms with E-state index in [9.17, 15) is 21.6 Å². The quantitative estimate of drug-likeness (QED) is 0.211. The van der Waals surface area contributed by atoms with E-state index >= 15 is 0 Å². The van der Waals surface area contributed by atoms with Gasteiger partial charge in [-0.25, -0.2) is 4.18 Å². The molecule has 0 aromatic heterocycles. The van der Waals surface area contributed by atoms with Crippen LogP contribution in [-0.2, 0) is 20.8 Å². The fourth-order valence-corrected chi connectivity index (χ4v) is 4.64. The molecule has 0 fully saturated rings. The van der Waals surface area contributed by atoms with E-state index < -0.39 is 22.1 Å². The van der Waals surface area contributed by atoms with E-state index in [0.29, 0.717) is 37.8 Å². The normalized spacial score (nSPS) is 14.2. The molecular weight excluding hydrogens is 479 g/mol. The van der Waals surface area contributed by atoms with Crippen molar-refractivity contribution >= 4 is 21.2 Å². The average molecular weight is 510 g/mol. The number of hydrogen-bond acceptors (Lipinski definition) is 4. The fourth-order valence-electron chi connectivity index (χ4n) is 4.32. The van der Waals surface area contributed by atoms with Crippen LogP contribution in [0.1, 0.15) is 61.3 Å². The summed E-state index contributed by atoms with van der Waals surface area (Å²) in [5.74, 6) is -0.157. The number of fused-ring (bicyclic) bond motifs is 1. The number of unbranched alkanes of at least 4 members (excludes halogenated alkanes) is 1. The highest BCUT2D eigenvalue weighted by Crippen LogP contribution is 2.33. The number of alkyl halides is 3. The molecule has 2 atom stereocenters. The third kappa shape index (κ3) is 8.31. The number of rotatable bonds is 12. The van der Waals surface area contributed by atoms with Crippen LogP contribution in [0.5, 0.6) is 0 Å². The molecule has 0 aliphatic rings. The molecule has 9 heteroatoms. The van der Waals surface area contributed by atoms with Crippen molar-refractivity contribution in [3.63, 3.8) is 0 Å². The van der Waals surface area contributed by atoms with Crippen LogP contribution >= 0.6 is 0 Å². The van der Waals surface area contributed by atoms with Crippen LogP contribution in [-0.4, -0.2) is 26.1 Å². The first-order chi connectivity index (χ1) is 16.5. The van der Waals surface area contributed by atoms with E-state index in [4.69, 9.17) is 4.55 Å². The molecule has 0 bridgehead atoms. The zero-order chi connectivity index (χ0) is 25.5. The van der Waals surface area contributed by atoms with E-state index in [2.05, 4.69) is 40.7 Å². The Balaban J connectivity index is 1.66. The summed E-state index contributed by atoms with van der Waals surface area (Å²) in [6.07, 6.45) is -2.37. The first kappa shape index (κ1) is 27.1. The van der Waals surface area contributed by atoms with Gasteiger partial charge in [0.05, 0.1) is 12.2 Å². The van der Waals surface area contributed by atoms with Gasteiger partial charge >= 0.3 is 16.6 Å². The second kappa shape index (κ2) is 12.0. The van der Waals surface area contributed by atoms with Crippen molar-refractivity contribution in [2.75, 3.05) is 13.2 Å². The van der Waals surface area contributed by atoms with Crippen molar-refractivity contribution in [1.82, 2.24) is 5.32 Å². The smallest absolute Gasteiger partial charge is 0.310 e. The molecule has 3 aromatic rings. The molecule has 2 unspecified atom stereocenters. The first-order valence-corrected chi connectivity index (χ1v) is 12.9. The van der Waals surface area contributed by atoms with Gasteiger partial charge < -0.3 is 5.32 Å². The van der Waals surface area contributed by atoms with Gasteiger partial charge in [0.15, 0.2) is 0 Å². The molecule has 0 heterocycles. The lowest BCUT2D eigenvalue weighted by Gasteiger charge is -2.22. The van der Waals surface area contributed by atoms with Gasteiger partial charge in [0, 0.05) is 6.04 Å². The zero-order valence-electron chi connectivity index (χ0n) is 19.5. The summed E-state index contributed by atoms with van der Waals surface area (Å²) in [4.78, 5) is 0. The Hall–Kier alpha value is -2.46. The van der Waals surface area contributed by atoms with Crippen LogP contribution in [0.2, 0.25) is 0 Å². The molecule has 35 heavy (non-hydrogen) atoms. The number of halogens is 3. The monoisotopic (exact) mass is 509 g/mol.